The molecular formula is C19H16F3N3O5S. The molecule has 8 nitrogen and oxygen atoms in total. The number of nitrogens with zero attached hydrogens (tertiary/aromatic N) is 3. The molecule has 12 heteroatoms. The molecule has 31 heavy (non-hydrogen) atoms. The lowest BCUT2D eigenvalue weighted by Crippen LogP contribution is -2.29. The smallest absolute Gasteiger partial charge is 0.494 e. The van der Waals surface area contributed by atoms with Gasteiger partial charge in [0.1, 0.15) is 17.4 Å². The van der Waals surface area contributed by atoms with Crippen molar-refractivity contribution in [3.8, 4) is 17.7 Å². The lowest BCUT2D eigenvalue weighted by molar-refractivity contribution is -0.274. The number of hydrogen-bond donors (Lipinski definition) is 1. The first-order chi connectivity index (χ1) is 14.4. The van der Waals surface area contributed by atoms with E-state index in [1.54, 1.807) is 6.07 Å². The zero-order valence-electron chi connectivity index (χ0n) is 16.0. The van der Waals surface area contributed by atoms with E-state index >= 15 is 0 Å². The Bertz CT molecular complexity index is 1240. The number of nitriles is 1. The number of halogens is 3. The summed E-state index contributed by atoms with van der Waals surface area (Å²) in [5.41, 5.74) is -0.685. The highest BCUT2D eigenvalue weighted by Gasteiger charge is 2.33. The van der Waals surface area contributed by atoms with Crippen LogP contribution in [0.25, 0.3) is 0 Å². The molecule has 164 valence electrons. The average Bonchev–Trinajstić information content (AvgIpc) is 3.01. The van der Waals surface area contributed by atoms with E-state index in [0.717, 1.165) is 22.9 Å². The van der Waals surface area contributed by atoms with E-state index in [1.165, 1.54) is 19.1 Å². The number of sulfone groups is 1. The number of benzene rings is 1. The van der Waals surface area contributed by atoms with Crippen LogP contribution in [0.2, 0.25) is 0 Å². The quantitative estimate of drug-likeness (QED) is 0.708. The maximum atomic E-state index is 12.7. The minimum atomic E-state index is -4.83. The number of aromatic hydroxyl groups is 1. The maximum Gasteiger partial charge on any atom is 0.573 e. The van der Waals surface area contributed by atoms with Crippen LogP contribution in [-0.4, -0.2) is 42.2 Å². The zero-order chi connectivity index (χ0) is 23.0. The molecule has 1 saturated heterocycles. The Labute approximate surface area is 174 Å². The van der Waals surface area contributed by atoms with Crippen LogP contribution in [0.3, 0.4) is 0 Å². The molecule has 2 aromatic rings. The molecule has 1 aromatic carbocycles. The molecule has 0 bridgehead atoms. The van der Waals surface area contributed by atoms with Gasteiger partial charge in [-0.15, -0.1) is 13.2 Å². The van der Waals surface area contributed by atoms with Crippen LogP contribution in [-0.2, 0) is 9.84 Å². The number of hydrogen-bond acceptors (Lipinski definition) is 7. The SMILES string of the molecule is Cc1c(C=Nc2ccc(OC(F)(F)F)cc2)c(O)n([C@@H]2CCS(=O)(=O)C2)c(=O)c1C#N. The van der Waals surface area contributed by atoms with Gasteiger partial charge in [-0.3, -0.25) is 14.4 Å². The van der Waals surface area contributed by atoms with Gasteiger partial charge in [0, 0.05) is 6.21 Å². The zero-order valence-corrected chi connectivity index (χ0v) is 16.9. The fourth-order valence-corrected chi connectivity index (χ4v) is 4.99. The number of pyridine rings is 1. The van der Waals surface area contributed by atoms with Gasteiger partial charge in [-0.05, 0) is 43.2 Å². The van der Waals surface area contributed by atoms with E-state index in [4.69, 9.17) is 0 Å². The number of rotatable bonds is 4. The second-order valence-corrected chi connectivity index (χ2v) is 9.11. The summed E-state index contributed by atoms with van der Waals surface area (Å²) in [5.74, 6) is -1.46. The van der Waals surface area contributed by atoms with Gasteiger partial charge in [-0.1, -0.05) is 0 Å². The molecule has 1 aromatic heterocycles. The van der Waals surface area contributed by atoms with Crippen molar-refractivity contribution in [3.63, 3.8) is 0 Å². The Morgan fingerprint density at radius 1 is 1.32 bits per heavy atom. The van der Waals surface area contributed by atoms with Crippen molar-refractivity contribution in [3.05, 3.63) is 51.3 Å². The molecule has 1 atom stereocenters. The van der Waals surface area contributed by atoms with Gasteiger partial charge >= 0.3 is 6.36 Å². The van der Waals surface area contributed by atoms with Gasteiger partial charge in [-0.2, -0.15) is 5.26 Å². The van der Waals surface area contributed by atoms with Crippen LogP contribution in [0.4, 0.5) is 18.9 Å². The Morgan fingerprint density at radius 3 is 2.48 bits per heavy atom. The van der Waals surface area contributed by atoms with Crippen LogP contribution in [0.15, 0.2) is 34.1 Å². The second kappa shape index (κ2) is 8.07. The van der Waals surface area contributed by atoms with Crippen molar-refractivity contribution in [2.24, 2.45) is 4.99 Å². The number of aliphatic imine (C=N–C) groups is 1. The average molecular weight is 455 g/mol. The molecule has 1 aliphatic heterocycles. The highest BCUT2D eigenvalue weighted by Crippen LogP contribution is 2.30. The summed E-state index contributed by atoms with van der Waals surface area (Å²) in [6, 6.07) is 5.54. The van der Waals surface area contributed by atoms with Gasteiger partial charge < -0.3 is 9.84 Å². The Balaban J connectivity index is 2.00. The number of alkyl halides is 3. The van der Waals surface area contributed by atoms with Crippen molar-refractivity contribution >= 4 is 21.7 Å². The van der Waals surface area contributed by atoms with Crippen molar-refractivity contribution in [2.75, 3.05) is 11.5 Å². The molecule has 1 aliphatic rings. The van der Waals surface area contributed by atoms with Crippen LogP contribution in [0.5, 0.6) is 11.6 Å². The first-order valence-electron chi connectivity index (χ1n) is 8.90. The summed E-state index contributed by atoms with van der Waals surface area (Å²) >= 11 is 0. The summed E-state index contributed by atoms with van der Waals surface area (Å²) in [6.45, 7) is 1.43. The monoisotopic (exact) mass is 455 g/mol. The summed E-state index contributed by atoms with van der Waals surface area (Å²) in [6.07, 6.45) is -3.56. The molecule has 0 spiro atoms. The number of aromatic nitrogens is 1. The molecule has 0 aliphatic carbocycles. The third-order valence-electron chi connectivity index (χ3n) is 4.78. The summed E-state index contributed by atoms with van der Waals surface area (Å²) in [7, 11) is -3.37. The fourth-order valence-electron chi connectivity index (χ4n) is 3.29. The first-order valence-corrected chi connectivity index (χ1v) is 10.7. The highest BCUT2D eigenvalue weighted by atomic mass is 32.2. The summed E-state index contributed by atoms with van der Waals surface area (Å²) in [5, 5.41) is 20.1. The van der Waals surface area contributed by atoms with E-state index in [0.29, 0.717) is 0 Å². The van der Waals surface area contributed by atoms with Crippen molar-refractivity contribution in [2.45, 2.75) is 25.7 Å². The van der Waals surface area contributed by atoms with Crippen molar-refractivity contribution in [1.82, 2.24) is 4.57 Å². The molecule has 0 radical (unpaired) electrons. The molecule has 1 fully saturated rings. The lowest BCUT2D eigenvalue weighted by atomic mass is 10.0. The first kappa shape index (κ1) is 22.4. The van der Waals surface area contributed by atoms with Crippen molar-refractivity contribution in [1.29, 1.82) is 5.26 Å². The van der Waals surface area contributed by atoms with E-state index < -0.39 is 39.4 Å². The standard InChI is InChI=1S/C19H16F3N3O5S/c1-11-15(8-23)17(26)25(13-6-7-31(28,29)10-13)18(27)16(11)9-24-12-2-4-14(5-3-12)30-19(20,21)22/h2-5,9,13,27H,6-7,10H2,1H3/t13-/m1/s1. The van der Waals surface area contributed by atoms with E-state index in [1.807, 2.05) is 0 Å². The predicted molar refractivity (Wildman–Crippen MR) is 105 cm³/mol. The van der Waals surface area contributed by atoms with Crippen LogP contribution >= 0.6 is 0 Å². The third kappa shape index (κ3) is 4.88. The number of ether oxygens (including phenoxy) is 1. The van der Waals surface area contributed by atoms with Crippen LogP contribution in [0, 0.1) is 18.3 Å². The normalized spacial score (nSPS) is 18.2. The topological polar surface area (TPSA) is 122 Å². The summed E-state index contributed by atoms with van der Waals surface area (Å²) in [4.78, 5) is 16.7. The van der Waals surface area contributed by atoms with Gasteiger partial charge in [0.2, 0.25) is 5.88 Å². The Kier molecular flexibility index (Phi) is 5.82. The summed E-state index contributed by atoms with van der Waals surface area (Å²) < 4.78 is 65.0. The van der Waals surface area contributed by atoms with Gasteiger partial charge in [0.05, 0.1) is 28.8 Å². The molecule has 1 N–H and O–H groups in total. The Morgan fingerprint density at radius 2 is 1.97 bits per heavy atom. The fraction of sp³-hybridized carbons (Fsp3) is 0.316. The second-order valence-electron chi connectivity index (χ2n) is 6.88. The van der Waals surface area contributed by atoms with Crippen LogP contribution < -0.4 is 10.3 Å². The van der Waals surface area contributed by atoms with E-state index in [2.05, 4.69) is 9.73 Å². The van der Waals surface area contributed by atoms with E-state index in [-0.39, 0.29) is 40.3 Å². The highest BCUT2D eigenvalue weighted by molar-refractivity contribution is 7.91. The minimum absolute atomic E-state index is 0.0241. The minimum Gasteiger partial charge on any atom is -0.494 e. The molecule has 0 saturated carbocycles. The largest absolute Gasteiger partial charge is 0.573 e. The molecule has 2 heterocycles. The van der Waals surface area contributed by atoms with Crippen LogP contribution in [0.1, 0.15) is 29.2 Å². The van der Waals surface area contributed by atoms with E-state index in [9.17, 15) is 36.8 Å². The molecular weight excluding hydrogens is 439 g/mol. The maximum absolute atomic E-state index is 12.7. The molecule has 3 rings (SSSR count). The lowest BCUT2D eigenvalue weighted by Gasteiger charge is -2.18. The van der Waals surface area contributed by atoms with Gasteiger partial charge in [0.25, 0.3) is 5.56 Å². The molecule has 0 unspecified atom stereocenters. The predicted octanol–water partition coefficient (Wildman–Crippen LogP) is 2.74. The molecule has 0 amide bonds. The van der Waals surface area contributed by atoms with Gasteiger partial charge in [0.15, 0.2) is 9.84 Å². The van der Waals surface area contributed by atoms with Crippen molar-refractivity contribution < 1.29 is 31.4 Å². The third-order valence-corrected chi connectivity index (χ3v) is 6.53. The van der Waals surface area contributed by atoms with Gasteiger partial charge in [-0.25, -0.2) is 8.42 Å². The Hall–Kier alpha value is -3.33.